The number of nitrogens with zero attached hydrogens (tertiary/aromatic N) is 2. The first-order valence-electron chi connectivity index (χ1n) is 10.2. The molecule has 0 spiro atoms. The predicted octanol–water partition coefficient (Wildman–Crippen LogP) is 3.76. The number of carbonyl (C=O) groups excluding carboxylic acids is 2. The van der Waals surface area contributed by atoms with Crippen LogP contribution in [-0.4, -0.2) is 40.3 Å². The van der Waals surface area contributed by atoms with E-state index in [1.807, 2.05) is 18.2 Å². The third-order valence-electron chi connectivity index (χ3n) is 5.07. The number of fused-ring (bicyclic) bond motifs is 1. The average molecular weight is 420 g/mol. The zero-order chi connectivity index (χ0) is 21.6. The third kappa shape index (κ3) is 5.10. The molecular weight excluding hydrogens is 396 g/mol. The monoisotopic (exact) mass is 420 g/mol. The minimum Gasteiger partial charge on any atom is -0.434 e. The normalized spacial score (nSPS) is 13.3. The molecule has 2 N–H and O–H groups in total. The lowest BCUT2D eigenvalue weighted by Gasteiger charge is -2.26. The second-order valence-electron chi connectivity index (χ2n) is 7.24. The molecule has 0 atom stereocenters. The SMILES string of the molecule is CCOC(=O)Oc1ccc(C(=O)Nc2n[nH]c3c2CCN(Cc2ccccc2)C3)cc1. The zero-order valence-corrected chi connectivity index (χ0v) is 17.3. The van der Waals surface area contributed by atoms with Crippen LogP contribution < -0.4 is 10.1 Å². The van der Waals surface area contributed by atoms with Gasteiger partial charge in [-0.1, -0.05) is 30.3 Å². The van der Waals surface area contributed by atoms with Crippen molar-refractivity contribution in [2.45, 2.75) is 26.4 Å². The summed E-state index contributed by atoms with van der Waals surface area (Å²) in [4.78, 5) is 26.3. The van der Waals surface area contributed by atoms with Crippen molar-refractivity contribution in [1.29, 1.82) is 0 Å². The molecular formula is C23H24N4O4. The molecule has 4 rings (SSSR count). The molecule has 2 aromatic carbocycles. The van der Waals surface area contributed by atoms with Crippen LogP contribution in [0, 0.1) is 0 Å². The lowest BCUT2D eigenvalue weighted by Crippen LogP contribution is -2.30. The molecule has 0 saturated heterocycles. The summed E-state index contributed by atoms with van der Waals surface area (Å²) in [6.07, 6.45) is 0.0322. The van der Waals surface area contributed by atoms with Crippen molar-refractivity contribution in [3.05, 3.63) is 77.0 Å². The Morgan fingerprint density at radius 2 is 1.90 bits per heavy atom. The van der Waals surface area contributed by atoms with Crippen LogP contribution in [-0.2, 0) is 24.2 Å². The van der Waals surface area contributed by atoms with Gasteiger partial charge in [-0.05, 0) is 43.2 Å². The summed E-state index contributed by atoms with van der Waals surface area (Å²) in [6.45, 7) is 4.46. The lowest BCUT2D eigenvalue weighted by molar-refractivity contribution is 0.102. The number of aromatic amines is 1. The molecule has 0 fully saturated rings. The molecule has 0 bridgehead atoms. The van der Waals surface area contributed by atoms with Gasteiger partial charge in [-0.2, -0.15) is 5.10 Å². The van der Waals surface area contributed by atoms with Gasteiger partial charge in [-0.15, -0.1) is 0 Å². The molecule has 0 saturated carbocycles. The summed E-state index contributed by atoms with van der Waals surface area (Å²) in [5.41, 5.74) is 3.78. The van der Waals surface area contributed by atoms with E-state index in [2.05, 4.69) is 32.5 Å². The molecule has 31 heavy (non-hydrogen) atoms. The van der Waals surface area contributed by atoms with E-state index >= 15 is 0 Å². The Hall–Kier alpha value is -3.65. The van der Waals surface area contributed by atoms with Crippen molar-refractivity contribution >= 4 is 17.9 Å². The van der Waals surface area contributed by atoms with E-state index in [1.54, 1.807) is 31.2 Å². The van der Waals surface area contributed by atoms with Gasteiger partial charge < -0.3 is 14.8 Å². The maximum atomic E-state index is 12.6. The number of rotatable bonds is 6. The first-order chi connectivity index (χ1) is 15.1. The maximum Gasteiger partial charge on any atom is 0.513 e. The highest BCUT2D eigenvalue weighted by Gasteiger charge is 2.23. The maximum absolute atomic E-state index is 12.6. The van der Waals surface area contributed by atoms with Gasteiger partial charge in [0.15, 0.2) is 5.82 Å². The van der Waals surface area contributed by atoms with Gasteiger partial charge in [0.1, 0.15) is 5.75 Å². The predicted molar refractivity (Wildman–Crippen MR) is 115 cm³/mol. The van der Waals surface area contributed by atoms with Crippen molar-refractivity contribution < 1.29 is 19.1 Å². The fraction of sp³-hybridized carbons (Fsp3) is 0.261. The summed E-state index contributed by atoms with van der Waals surface area (Å²) in [5, 5.41) is 10.3. The number of H-pyrrole nitrogens is 1. The van der Waals surface area contributed by atoms with Gasteiger partial charge in [0.25, 0.3) is 5.91 Å². The molecule has 0 radical (unpaired) electrons. The Balaban J connectivity index is 1.36. The Morgan fingerprint density at radius 3 is 2.65 bits per heavy atom. The molecule has 0 unspecified atom stereocenters. The zero-order valence-electron chi connectivity index (χ0n) is 17.3. The Labute approximate surface area is 180 Å². The van der Waals surface area contributed by atoms with Gasteiger partial charge >= 0.3 is 6.16 Å². The summed E-state index contributed by atoms with van der Waals surface area (Å²) < 4.78 is 9.74. The number of carbonyl (C=O) groups is 2. The minimum atomic E-state index is -0.774. The second kappa shape index (κ2) is 9.44. The minimum absolute atomic E-state index is 0.233. The number of amides is 1. The van der Waals surface area contributed by atoms with Crippen molar-refractivity contribution in [2.75, 3.05) is 18.5 Å². The summed E-state index contributed by atoms with van der Waals surface area (Å²) in [7, 11) is 0. The van der Waals surface area contributed by atoms with E-state index in [-0.39, 0.29) is 12.5 Å². The molecule has 8 nitrogen and oxygen atoms in total. The molecule has 1 aliphatic heterocycles. The Kier molecular flexibility index (Phi) is 6.28. The summed E-state index contributed by atoms with van der Waals surface area (Å²) in [5.74, 6) is 0.598. The van der Waals surface area contributed by atoms with Gasteiger partial charge in [0.05, 0.1) is 12.3 Å². The first kappa shape index (κ1) is 20.6. The fourth-order valence-corrected chi connectivity index (χ4v) is 3.55. The van der Waals surface area contributed by atoms with Crippen LogP contribution in [0.2, 0.25) is 0 Å². The van der Waals surface area contributed by atoms with Crippen molar-refractivity contribution in [1.82, 2.24) is 15.1 Å². The number of anilines is 1. The molecule has 1 aliphatic rings. The van der Waals surface area contributed by atoms with Crippen LogP contribution in [0.1, 0.15) is 34.1 Å². The Bertz CT molecular complexity index is 1050. The highest BCUT2D eigenvalue weighted by molar-refractivity contribution is 6.04. The van der Waals surface area contributed by atoms with Crippen LogP contribution in [0.5, 0.6) is 5.75 Å². The molecule has 3 aromatic rings. The van der Waals surface area contributed by atoms with Gasteiger partial charge in [0.2, 0.25) is 0 Å². The van der Waals surface area contributed by atoms with Crippen molar-refractivity contribution in [3.8, 4) is 5.75 Å². The number of aromatic nitrogens is 2. The van der Waals surface area contributed by atoms with E-state index < -0.39 is 6.16 Å². The second-order valence-corrected chi connectivity index (χ2v) is 7.24. The summed E-state index contributed by atoms with van der Waals surface area (Å²) >= 11 is 0. The highest BCUT2D eigenvalue weighted by atomic mass is 16.7. The highest BCUT2D eigenvalue weighted by Crippen LogP contribution is 2.25. The molecule has 1 aromatic heterocycles. The van der Waals surface area contributed by atoms with Gasteiger partial charge in [-0.3, -0.25) is 14.8 Å². The topological polar surface area (TPSA) is 96.5 Å². The van der Waals surface area contributed by atoms with E-state index in [0.717, 1.165) is 37.3 Å². The fourth-order valence-electron chi connectivity index (χ4n) is 3.55. The molecule has 8 heteroatoms. The summed E-state index contributed by atoms with van der Waals surface area (Å²) in [6, 6.07) is 16.6. The van der Waals surface area contributed by atoms with Gasteiger partial charge in [-0.25, -0.2) is 4.79 Å². The van der Waals surface area contributed by atoms with E-state index in [4.69, 9.17) is 9.47 Å². The van der Waals surface area contributed by atoms with Crippen molar-refractivity contribution in [3.63, 3.8) is 0 Å². The lowest BCUT2D eigenvalue weighted by atomic mass is 10.1. The standard InChI is InChI=1S/C23H24N4O4/c1-2-30-23(29)31-18-10-8-17(9-11-18)22(28)24-21-19-12-13-27(15-20(19)25-26-21)14-16-6-4-3-5-7-16/h3-11H,2,12-15H2,1H3,(H2,24,25,26,28). The Morgan fingerprint density at radius 1 is 1.13 bits per heavy atom. The van der Waals surface area contributed by atoms with Crippen LogP contribution >= 0.6 is 0 Å². The van der Waals surface area contributed by atoms with Crippen molar-refractivity contribution in [2.24, 2.45) is 0 Å². The largest absolute Gasteiger partial charge is 0.513 e. The number of benzene rings is 2. The van der Waals surface area contributed by atoms with E-state index in [9.17, 15) is 9.59 Å². The number of nitrogens with one attached hydrogen (secondary N) is 2. The molecule has 0 aliphatic carbocycles. The van der Waals surface area contributed by atoms with Gasteiger partial charge in [0, 0.05) is 30.8 Å². The number of hydrogen-bond donors (Lipinski definition) is 2. The number of ether oxygens (including phenoxy) is 2. The van der Waals surface area contributed by atoms with Crippen LogP contribution in [0.3, 0.4) is 0 Å². The molecule has 160 valence electrons. The van der Waals surface area contributed by atoms with E-state index in [1.165, 1.54) is 5.56 Å². The van der Waals surface area contributed by atoms with Crippen LogP contribution in [0.15, 0.2) is 54.6 Å². The first-order valence-corrected chi connectivity index (χ1v) is 10.2. The number of hydrogen-bond acceptors (Lipinski definition) is 6. The quantitative estimate of drug-likeness (QED) is 0.466. The van der Waals surface area contributed by atoms with Crippen LogP contribution in [0.4, 0.5) is 10.6 Å². The average Bonchev–Trinajstić information content (AvgIpc) is 3.17. The third-order valence-corrected chi connectivity index (χ3v) is 5.07. The molecule has 1 amide bonds. The van der Waals surface area contributed by atoms with Crippen LogP contribution in [0.25, 0.3) is 0 Å². The smallest absolute Gasteiger partial charge is 0.434 e. The van der Waals surface area contributed by atoms with E-state index in [0.29, 0.717) is 17.1 Å². The molecule has 2 heterocycles.